The molecular weight excluding hydrogens is 404 g/mol. The van der Waals surface area contributed by atoms with Crippen molar-refractivity contribution < 1.29 is 33.8 Å². The third kappa shape index (κ3) is 4.55. The fourth-order valence-corrected chi connectivity index (χ4v) is 2.92. The van der Waals surface area contributed by atoms with E-state index in [1.54, 1.807) is 18.2 Å². The maximum absolute atomic E-state index is 12.9. The largest absolute Gasteiger partial charge is 0.493 e. The number of hydrogen-bond donors (Lipinski definition) is 2. The van der Waals surface area contributed by atoms with Crippen LogP contribution in [-0.2, 0) is 9.59 Å². The lowest BCUT2D eigenvalue weighted by Crippen LogP contribution is -2.54. The van der Waals surface area contributed by atoms with Crippen molar-refractivity contribution in [3.63, 3.8) is 0 Å². The molecule has 160 valence electrons. The average Bonchev–Trinajstić information content (AvgIpc) is 2.75. The molecule has 9 nitrogen and oxygen atoms in total. The summed E-state index contributed by atoms with van der Waals surface area (Å²) in [4.78, 5) is 49.3. The van der Waals surface area contributed by atoms with E-state index < -0.39 is 23.8 Å². The number of aromatic carboxylic acids is 1. The summed E-state index contributed by atoms with van der Waals surface area (Å²) in [5.74, 6) is -1.84. The second kappa shape index (κ2) is 9.12. The first-order valence-corrected chi connectivity index (χ1v) is 9.41. The van der Waals surface area contributed by atoms with Gasteiger partial charge in [-0.25, -0.2) is 14.5 Å². The molecule has 2 aromatic carbocycles. The van der Waals surface area contributed by atoms with Gasteiger partial charge < -0.3 is 14.6 Å². The van der Waals surface area contributed by atoms with E-state index in [0.717, 1.165) is 11.3 Å². The number of benzene rings is 2. The molecule has 1 saturated heterocycles. The molecule has 0 radical (unpaired) electrons. The van der Waals surface area contributed by atoms with Gasteiger partial charge in [0.25, 0.3) is 11.8 Å². The number of imide groups is 2. The molecule has 0 unspecified atom stereocenters. The molecule has 3 rings (SSSR count). The van der Waals surface area contributed by atoms with Gasteiger partial charge in [0.1, 0.15) is 5.57 Å². The zero-order chi connectivity index (χ0) is 22.5. The van der Waals surface area contributed by atoms with Gasteiger partial charge >= 0.3 is 12.0 Å². The highest BCUT2D eigenvalue weighted by Crippen LogP contribution is 2.30. The van der Waals surface area contributed by atoms with Crippen LogP contribution in [0.15, 0.2) is 48.0 Å². The smallest absolute Gasteiger partial charge is 0.335 e. The number of hydrogen-bond acceptors (Lipinski definition) is 6. The number of anilines is 1. The van der Waals surface area contributed by atoms with Crippen molar-refractivity contribution in [2.45, 2.75) is 13.3 Å². The van der Waals surface area contributed by atoms with E-state index in [0.29, 0.717) is 23.7 Å². The van der Waals surface area contributed by atoms with Crippen LogP contribution in [0.2, 0.25) is 0 Å². The Bertz CT molecular complexity index is 1070. The summed E-state index contributed by atoms with van der Waals surface area (Å²) in [6, 6.07) is 9.17. The number of carboxylic acid groups (broad SMARTS) is 1. The number of nitrogens with one attached hydrogen (secondary N) is 1. The standard InChI is InChI=1S/C22H20N2O7/c1-3-10-31-17-9-4-13(12-18(17)30-2)11-16-19(25)23-22(29)24(20(16)26)15-7-5-14(6-8-15)21(27)28/h4-9,11-12H,3,10H2,1-2H3,(H,27,28)(H,23,25,29)/b16-11+. The monoisotopic (exact) mass is 424 g/mol. The Kier molecular flexibility index (Phi) is 6.35. The number of amides is 4. The van der Waals surface area contributed by atoms with Crippen molar-refractivity contribution in [1.29, 1.82) is 0 Å². The van der Waals surface area contributed by atoms with Gasteiger partial charge in [-0.1, -0.05) is 13.0 Å². The summed E-state index contributed by atoms with van der Waals surface area (Å²) in [5.41, 5.74) is 0.366. The molecule has 0 aliphatic carbocycles. The molecular formula is C22H20N2O7. The van der Waals surface area contributed by atoms with Crippen LogP contribution in [0.4, 0.5) is 10.5 Å². The van der Waals surface area contributed by atoms with Crippen LogP contribution in [0.25, 0.3) is 6.08 Å². The maximum Gasteiger partial charge on any atom is 0.335 e. The fourth-order valence-electron chi connectivity index (χ4n) is 2.92. The van der Waals surface area contributed by atoms with Crippen LogP contribution in [0, 0.1) is 0 Å². The number of carboxylic acids is 1. The van der Waals surface area contributed by atoms with Gasteiger partial charge in [-0.2, -0.15) is 0 Å². The number of barbiturate groups is 1. The van der Waals surface area contributed by atoms with Gasteiger partial charge in [0, 0.05) is 0 Å². The minimum Gasteiger partial charge on any atom is -0.493 e. The lowest BCUT2D eigenvalue weighted by molar-refractivity contribution is -0.122. The highest BCUT2D eigenvalue weighted by atomic mass is 16.5. The minimum atomic E-state index is -1.14. The molecule has 1 aliphatic heterocycles. The van der Waals surface area contributed by atoms with E-state index >= 15 is 0 Å². The fraction of sp³-hybridized carbons (Fsp3) is 0.182. The van der Waals surface area contributed by atoms with Crippen molar-refractivity contribution in [3.8, 4) is 11.5 Å². The summed E-state index contributed by atoms with van der Waals surface area (Å²) in [7, 11) is 1.48. The Balaban J connectivity index is 1.94. The highest BCUT2D eigenvalue weighted by Gasteiger charge is 2.36. The van der Waals surface area contributed by atoms with Crippen molar-refractivity contribution >= 4 is 35.6 Å². The summed E-state index contributed by atoms with van der Waals surface area (Å²) < 4.78 is 10.9. The first-order valence-electron chi connectivity index (χ1n) is 9.41. The Hall–Kier alpha value is -4.14. The van der Waals surface area contributed by atoms with Crippen molar-refractivity contribution in [3.05, 3.63) is 59.2 Å². The van der Waals surface area contributed by atoms with Gasteiger partial charge in [0.05, 0.1) is 25.0 Å². The molecule has 1 fully saturated rings. The van der Waals surface area contributed by atoms with Crippen molar-refractivity contribution in [1.82, 2.24) is 5.32 Å². The third-order valence-electron chi connectivity index (χ3n) is 4.43. The minimum absolute atomic E-state index is 0.00191. The number of rotatable bonds is 7. The highest BCUT2D eigenvalue weighted by molar-refractivity contribution is 6.39. The summed E-state index contributed by atoms with van der Waals surface area (Å²) in [5, 5.41) is 11.1. The lowest BCUT2D eigenvalue weighted by atomic mass is 10.1. The number of urea groups is 1. The molecule has 0 spiro atoms. The van der Waals surface area contributed by atoms with Crippen LogP contribution in [0.1, 0.15) is 29.3 Å². The van der Waals surface area contributed by atoms with E-state index in [2.05, 4.69) is 5.32 Å². The predicted molar refractivity (Wildman–Crippen MR) is 111 cm³/mol. The van der Waals surface area contributed by atoms with E-state index in [9.17, 15) is 19.2 Å². The molecule has 2 aromatic rings. The normalized spacial score (nSPS) is 15.1. The van der Waals surface area contributed by atoms with E-state index in [4.69, 9.17) is 14.6 Å². The van der Waals surface area contributed by atoms with Gasteiger partial charge in [0.15, 0.2) is 11.5 Å². The summed E-state index contributed by atoms with van der Waals surface area (Å²) in [6.07, 6.45) is 2.16. The SMILES string of the molecule is CCCOc1ccc(/C=C2\C(=O)NC(=O)N(c3ccc(C(=O)O)cc3)C2=O)cc1OC. The molecule has 0 atom stereocenters. The van der Waals surface area contributed by atoms with E-state index in [1.807, 2.05) is 6.92 Å². The maximum atomic E-state index is 12.9. The lowest BCUT2D eigenvalue weighted by Gasteiger charge is -2.26. The van der Waals surface area contributed by atoms with Crippen LogP contribution in [-0.4, -0.2) is 42.6 Å². The number of carbonyl (C=O) groups excluding carboxylic acids is 3. The molecule has 9 heteroatoms. The van der Waals surface area contributed by atoms with Gasteiger partial charge in [-0.15, -0.1) is 0 Å². The second-order valence-corrected chi connectivity index (χ2v) is 6.57. The van der Waals surface area contributed by atoms with Crippen molar-refractivity contribution in [2.24, 2.45) is 0 Å². The van der Waals surface area contributed by atoms with Gasteiger partial charge in [-0.3, -0.25) is 14.9 Å². The van der Waals surface area contributed by atoms with Gasteiger partial charge in [0.2, 0.25) is 0 Å². The summed E-state index contributed by atoms with van der Waals surface area (Å²) >= 11 is 0. The Morgan fingerprint density at radius 1 is 1.10 bits per heavy atom. The molecule has 0 bridgehead atoms. The number of nitrogens with zero attached hydrogens (tertiary/aromatic N) is 1. The Morgan fingerprint density at radius 2 is 1.81 bits per heavy atom. The molecule has 1 heterocycles. The first-order chi connectivity index (χ1) is 14.8. The zero-order valence-electron chi connectivity index (χ0n) is 16.9. The van der Waals surface area contributed by atoms with E-state index in [1.165, 1.54) is 37.5 Å². The molecule has 31 heavy (non-hydrogen) atoms. The predicted octanol–water partition coefficient (Wildman–Crippen LogP) is 2.85. The molecule has 1 aliphatic rings. The quantitative estimate of drug-likeness (QED) is 0.518. The first kappa shape index (κ1) is 21.6. The Labute approximate surface area is 177 Å². The molecule has 4 amide bonds. The van der Waals surface area contributed by atoms with Crippen molar-refractivity contribution in [2.75, 3.05) is 18.6 Å². The third-order valence-corrected chi connectivity index (χ3v) is 4.43. The molecule has 0 saturated carbocycles. The van der Waals surface area contributed by atoms with Crippen LogP contribution < -0.4 is 19.7 Å². The van der Waals surface area contributed by atoms with Crippen LogP contribution in [0.5, 0.6) is 11.5 Å². The number of ether oxygens (including phenoxy) is 2. The van der Waals surface area contributed by atoms with Gasteiger partial charge in [-0.05, 0) is 54.5 Å². The van der Waals surface area contributed by atoms with E-state index in [-0.39, 0.29) is 16.8 Å². The summed E-state index contributed by atoms with van der Waals surface area (Å²) in [6.45, 7) is 2.48. The molecule has 0 aromatic heterocycles. The van der Waals surface area contributed by atoms with Crippen LogP contribution >= 0.6 is 0 Å². The zero-order valence-corrected chi connectivity index (χ0v) is 16.9. The van der Waals surface area contributed by atoms with Crippen LogP contribution in [0.3, 0.4) is 0 Å². The molecule has 2 N–H and O–H groups in total. The average molecular weight is 424 g/mol. The topological polar surface area (TPSA) is 122 Å². The number of methoxy groups -OCH3 is 1. The second-order valence-electron chi connectivity index (χ2n) is 6.57. The number of carbonyl (C=O) groups is 4. The Morgan fingerprint density at radius 3 is 2.42 bits per heavy atom.